The Morgan fingerprint density at radius 1 is 0.333 bits per heavy atom. The number of hydrogen-bond acceptors (Lipinski definition) is 14. The van der Waals surface area contributed by atoms with Crippen LogP contribution in [0.25, 0.3) is 0 Å². The Balaban J connectivity index is 5.95. The molecule has 0 unspecified atom stereocenters. The zero-order valence-electron chi connectivity index (χ0n) is 43.1. The van der Waals surface area contributed by atoms with Gasteiger partial charge in [0.25, 0.3) is 0 Å². The summed E-state index contributed by atoms with van der Waals surface area (Å²) >= 11 is 0. The maximum Gasteiger partial charge on any atom is 0.242 e. The number of rotatable bonds is 42. The van der Waals surface area contributed by atoms with Crippen molar-refractivity contribution in [1.29, 1.82) is 0 Å². The number of nitrogens with zero attached hydrogens (tertiary/aromatic N) is 1. The van der Waals surface area contributed by atoms with Crippen LogP contribution in [0, 0.1) is 5.92 Å². The van der Waals surface area contributed by atoms with Gasteiger partial charge in [0.05, 0.1) is 19.6 Å². The molecule has 0 aromatic rings. The highest BCUT2D eigenvalue weighted by Gasteiger charge is 2.26. The fourth-order valence-electron chi connectivity index (χ4n) is 6.79. The van der Waals surface area contributed by atoms with Gasteiger partial charge in [-0.1, -0.05) is 26.7 Å². The number of ketones is 1. The Kier molecular flexibility index (Phi) is 38.3. The maximum absolute atomic E-state index is 13.7. The van der Waals surface area contributed by atoms with Crippen LogP contribution in [0.15, 0.2) is 0 Å². The van der Waals surface area contributed by atoms with E-state index in [2.05, 4.69) is 37.2 Å². The van der Waals surface area contributed by atoms with Crippen molar-refractivity contribution < 1.29 is 62.3 Å². The van der Waals surface area contributed by atoms with E-state index >= 15 is 0 Å². The van der Waals surface area contributed by atoms with E-state index in [4.69, 9.17) is 39.9 Å². The summed E-state index contributed by atoms with van der Waals surface area (Å²) in [6.07, 6.45) is 2.77. The van der Waals surface area contributed by atoms with Crippen LogP contribution in [0.3, 0.4) is 0 Å². The Morgan fingerprint density at radius 3 is 1.12 bits per heavy atom. The van der Waals surface area contributed by atoms with Crippen molar-refractivity contribution in [2.75, 3.05) is 45.8 Å². The molecule has 12 N–H and O–H groups in total. The van der Waals surface area contributed by atoms with Crippen LogP contribution in [-0.2, 0) is 62.3 Å². The van der Waals surface area contributed by atoms with Gasteiger partial charge < -0.3 is 63.4 Å². The zero-order valence-corrected chi connectivity index (χ0v) is 43.1. The van der Waals surface area contributed by atoms with Crippen molar-refractivity contribution in [3.8, 4) is 0 Å². The van der Waals surface area contributed by atoms with E-state index in [1.807, 2.05) is 40.0 Å². The molecule has 0 saturated carbocycles. The molecule has 406 valence electrons. The van der Waals surface area contributed by atoms with Gasteiger partial charge in [0.2, 0.25) is 111 Å². The molecular weight excluding hydrogens is 973 g/mol. The highest BCUT2D eigenvalue weighted by Crippen LogP contribution is 2.07. The van der Waals surface area contributed by atoms with E-state index < -0.39 is 103 Å². The van der Waals surface area contributed by atoms with Gasteiger partial charge in [-0.3, -0.25) is 67.2 Å². The second-order valence-corrected chi connectivity index (χ2v) is 17.6. The lowest BCUT2D eigenvalue weighted by Crippen LogP contribution is -2.52. The normalized spacial score (nSPS) is 11.8. The van der Waals surface area contributed by atoms with Crippen LogP contribution in [0.2, 0.25) is 0 Å². The molecule has 0 bridgehead atoms. The van der Waals surface area contributed by atoms with E-state index in [1.165, 1.54) is 4.90 Å². The van der Waals surface area contributed by atoms with Gasteiger partial charge in [0.1, 0.15) is 23.9 Å². The van der Waals surface area contributed by atoms with E-state index in [0.29, 0.717) is 44.9 Å². The van der Waals surface area contributed by atoms with Crippen molar-refractivity contribution in [2.24, 2.45) is 5.92 Å². The Morgan fingerprint density at radius 2 is 0.680 bits per heavy atom. The van der Waals surface area contributed by atoms with Gasteiger partial charge in [0.15, 0.2) is 0 Å². The van der Waals surface area contributed by atoms with Crippen molar-refractivity contribution in [3.63, 3.8) is 0 Å². The van der Waals surface area contributed by atoms with Crippen LogP contribution >= 0.6 is 0 Å². The molecule has 0 aromatic heterocycles. The zero-order chi connectivity index (χ0) is 56.6. The molecule has 0 aliphatic heterocycles. The van der Waals surface area contributed by atoms with Crippen LogP contribution in [0.5, 0.6) is 0 Å². The molecule has 0 aliphatic carbocycles. The average molecular weight is 1050 g/mol. The van der Waals surface area contributed by atoms with Gasteiger partial charge in [-0.25, -0.2) is 0 Å². The Bertz CT molecular complexity index is 1890. The molecule has 3 atom stereocenters. The minimum atomic E-state index is -1.37. The largest absolute Gasteiger partial charge is 0.409 e. The number of carbonyl (C=O) groups excluding carboxylic acids is 13. The number of Topliss-reactive ketones (excluding diaryl/α,β-unsaturated/α-hetero) is 1. The Labute approximate surface area is 445 Å². The topological polar surface area (TPSA) is 370 Å². The molecule has 0 aliphatic rings. The third-order valence-corrected chi connectivity index (χ3v) is 11.1. The predicted molar refractivity (Wildman–Crippen MR) is 277 cm³/mol. The third kappa shape index (κ3) is 35.4. The minimum absolute atomic E-state index is 0.0166. The minimum Gasteiger partial charge on any atom is -0.409 e. The van der Waals surface area contributed by atoms with Gasteiger partial charge in [-0.2, -0.15) is 0 Å². The summed E-state index contributed by atoms with van der Waals surface area (Å²) in [5.74, 6) is -7.30. The molecule has 0 spiro atoms. The SMILES string of the molecule is [B]NC(=O)CCCCCNC(=O)CN(CC(=O)NCCCCCC(=O)C(C)C)CC(=O)N[C@@H](CCC(=O)NCCCC(=O)N[C@@H](CCC(=O)N[B])C(=O)N[B])C(=O)NCCCC(=O)N[C@@H](CCC(=O)N[B])C(=O)N[B]. The van der Waals surface area contributed by atoms with Crippen LogP contribution in [-0.4, -0.2) is 185 Å². The summed E-state index contributed by atoms with van der Waals surface area (Å²) in [4.78, 5) is 164. The smallest absolute Gasteiger partial charge is 0.242 e. The van der Waals surface area contributed by atoms with E-state index in [1.54, 1.807) is 0 Å². The summed E-state index contributed by atoms with van der Waals surface area (Å²) < 4.78 is 0. The molecule has 75 heavy (non-hydrogen) atoms. The standard InChI is InChI=1S/C44H72B5N13O13/c1-28(2)32(63)11-5-3-7-21-51-39(70)25-62(26-40(71)52-22-8-4-6-12-36(67)57-45)27-41(72)56-29(42(73)53-24-10-14-35(66)55-31(44(75)61-49)17-20-38(69)59-47)15-18-33(64)50-23-9-13-34(65)54-30(43(74)60-48)16-19-37(68)58-46/h28-31H,3-27H2,1-2H3,(H,50,64)(H,51,70)(H,52,71)(H,53,73)(H,54,65)(H,55,66)(H,56,72)(H,57,67)(H,58,68)(H,59,69)(H,60,74)(H,61,75)/t29-,30-,31-/m0/s1. The number of nitrogens with one attached hydrogen (secondary N) is 12. The lowest BCUT2D eigenvalue weighted by atomic mass is 10.0. The second kappa shape index (κ2) is 41.9. The van der Waals surface area contributed by atoms with Crippen LogP contribution in [0.4, 0.5) is 0 Å². The van der Waals surface area contributed by atoms with E-state index in [9.17, 15) is 62.3 Å². The maximum atomic E-state index is 13.7. The summed E-state index contributed by atoms with van der Waals surface area (Å²) in [5.41, 5.74) is 0. The quantitative estimate of drug-likeness (QED) is 0.0201. The molecule has 12 amide bonds. The van der Waals surface area contributed by atoms with E-state index in [0.717, 1.165) is 0 Å². The number of amides is 12. The van der Waals surface area contributed by atoms with Crippen LogP contribution < -0.4 is 63.4 Å². The van der Waals surface area contributed by atoms with Crippen molar-refractivity contribution in [1.82, 2.24) is 68.3 Å². The van der Waals surface area contributed by atoms with Gasteiger partial charge >= 0.3 is 0 Å². The highest BCUT2D eigenvalue weighted by molar-refractivity contribution is 6.17. The molecule has 0 heterocycles. The summed E-state index contributed by atoms with van der Waals surface area (Å²) in [5, 5.41) is 27.8. The van der Waals surface area contributed by atoms with Crippen LogP contribution in [0.1, 0.15) is 129 Å². The van der Waals surface area contributed by atoms with Crippen molar-refractivity contribution in [2.45, 2.75) is 148 Å². The molecule has 0 saturated heterocycles. The van der Waals surface area contributed by atoms with Gasteiger partial charge in [-0.15, -0.1) is 0 Å². The van der Waals surface area contributed by atoms with Crippen molar-refractivity contribution >= 4 is 117 Å². The second-order valence-electron chi connectivity index (χ2n) is 17.6. The summed E-state index contributed by atoms with van der Waals surface area (Å²) in [6.45, 7) is 2.65. The lowest BCUT2D eigenvalue weighted by molar-refractivity contribution is -0.132. The monoisotopic (exact) mass is 1050 g/mol. The Hall–Kier alpha value is -6.41. The number of carbonyl (C=O) groups is 13. The first-order valence-corrected chi connectivity index (χ1v) is 24.9. The molecule has 31 heteroatoms. The molecule has 26 nitrogen and oxygen atoms in total. The molecule has 0 fully saturated rings. The first-order valence-electron chi connectivity index (χ1n) is 24.9. The first kappa shape index (κ1) is 68.6. The fourth-order valence-corrected chi connectivity index (χ4v) is 6.79. The average Bonchev–Trinajstić information content (AvgIpc) is 3.38. The first-order chi connectivity index (χ1) is 35.7. The molecule has 0 rings (SSSR count). The number of unbranched alkanes of at least 4 members (excludes halogenated alkanes) is 4. The number of hydrogen-bond donors (Lipinski definition) is 12. The molecular formula is C44H72B5N13O13. The van der Waals surface area contributed by atoms with E-state index in [-0.39, 0.29) is 114 Å². The third-order valence-electron chi connectivity index (χ3n) is 11.1. The fraction of sp³-hybridized carbons (Fsp3) is 0.705. The lowest BCUT2D eigenvalue weighted by Gasteiger charge is -2.23. The van der Waals surface area contributed by atoms with Crippen molar-refractivity contribution in [3.05, 3.63) is 0 Å². The summed E-state index contributed by atoms with van der Waals surface area (Å²) in [6, 6.07) is -3.68. The summed E-state index contributed by atoms with van der Waals surface area (Å²) in [7, 11) is 25.7. The highest BCUT2D eigenvalue weighted by atomic mass is 16.2. The predicted octanol–water partition coefficient (Wildman–Crippen LogP) is -5.55. The van der Waals surface area contributed by atoms with Gasteiger partial charge in [-0.05, 0) is 57.8 Å². The molecule has 0 aromatic carbocycles. The molecule has 10 radical (unpaired) electrons. The van der Waals surface area contributed by atoms with Gasteiger partial charge in [0, 0.05) is 77.0 Å².